The second kappa shape index (κ2) is 5.05. The van der Waals surface area contributed by atoms with E-state index in [1.54, 1.807) is 0 Å². The topological polar surface area (TPSA) is 72.2 Å². The third-order valence-corrected chi connectivity index (χ3v) is 4.78. The fourth-order valence-corrected chi connectivity index (χ4v) is 3.73. The molecule has 6 heteroatoms. The van der Waals surface area contributed by atoms with Gasteiger partial charge < -0.3 is 5.32 Å². The van der Waals surface area contributed by atoms with Crippen LogP contribution in [0.5, 0.6) is 0 Å². The Bertz CT molecular complexity index is 576. The van der Waals surface area contributed by atoms with E-state index in [2.05, 4.69) is 5.32 Å². The van der Waals surface area contributed by atoms with Gasteiger partial charge in [-0.05, 0) is 37.2 Å². The van der Waals surface area contributed by atoms with Crippen molar-refractivity contribution in [1.29, 1.82) is 0 Å². The van der Waals surface area contributed by atoms with E-state index in [0.29, 0.717) is 11.5 Å². The maximum Gasteiger partial charge on any atom is 0.270 e. The van der Waals surface area contributed by atoms with Crippen LogP contribution in [0.25, 0.3) is 0 Å². The van der Waals surface area contributed by atoms with Crippen LogP contribution in [-0.2, 0) is 0 Å². The van der Waals surface area contributed by atoms with Crippen molar-refractivity contribution in [3.63, 3.8) is 0 Å². The first-order valence-electron chi connectivity index (χ1n) is 6.79. The summed E-state index contributed by atoms with van der Waals surface area (Å²) in [6.45, 7) is 0. The third-order valence-electron chi connectivity index (χ3n) is 4.46. The lowest BCUT2D eigenvalue weighted by Crippen LogP contribution is -2.38. The first-order valence-corrected chi connectivity index (χ1v) is 7.17. The van der Waals surface area contributed by atoms with Crippen molar-refractivity contribution in [2.75, 3.05) is 0 Å². The molecule has 0 aromatic heterocycles. The molecular weight excluding hydrogens is 280 g/mol. The van der Waals surface area contributed by atoms with Crippen molar-refractivity contribution in [3.05, 3.63) is 38.9 Å². The summed E-state index contributed by atoms with van der Waals surface area (Å²) in [7, 11) is 0. The fourth-order valence-electron chi connectivity index (χ4n) is 3.47. The molecule has 1 amide bonds. The van der Waals surface area contributed by atoms with Crippen molar-refractivity contribution >= 4 is 23.2 Å². The van der Waals surface area contributed by atoms with E-state index >= 15 is 0 Å². The first kappa shape index (κ1) is 13.4. The van der Waals surface area contributed by atoms with E-state index in [4.69, 9.17) is 11.6 Å². The molecule has 1 N–H and O–H groups in total. The quantitative estimate of drug-likeness (QED) is 0.687. The molecule has 0 spiro atoms. The van der Waals surface area contributed by atoms with Crippen LogP contribution in [-0.4, -0.2) is 16.9 Å². The van der Waals surface area contributed by atoms with E-state index < -0.39 is 4.92 Å². The molecule has 0 unspecified atom stereocenters. The van der Waals surface area contributed by atoms with Crippen molar-refractivity contribution in [2.24, 2.45) is 11.8 Å². The Morgan fingerprint density at radius 3 is 2.70 bits per heavy atom. The summed E-state index contributed by atoms with van der Waals surface area (Å²) in [4.78, 5) is 22.3. The Morgan fingerprint density at radius 1 is 1.35 bits per heavy atom. The lowest BCUT2D eigenvalue weighted by molar-refractivity contribution is -0.384. The molecule has 1 aromatic carbocycles. The Kier molecular flexibility index (Phi) is 3.38. The van der Waals surface area contributed by atoms with Crippen LogP contribution in [0.1, 0.15) is 36.0 Å². The smallest absolute Gasteiger partial charge is 0.270 e. The van der Waals surface area contributed by atoms with Crippen LogP contribution in [0.3, 0.4) is 0 Å². The van der Waals surface area contributed by atoms with Crippen molar-refractivity contribution in [1.82, 2.24) is 5.32 Å². The average molecular weight is 295 g/mol. The van der Waals surface area contributed by atoms with Gasteiger partial charge in [-0.25, -0.2) is 0 Å². The van der Waals surface area contributed by atoms with Gasteiger partial charge in [0.1, 0.15) is 0 Å². The summed E-state index contributed by atoms with van der Waals surface area (Å²) in [5.74, 6) is 1.10. The van der Waals surface area contributed by atoms with Gasteiger partial charge in [0.2, 0.25) is 0 Å². The highest BCUT2D eigenvalue weighted by molar-refractivity contribution is 6.34. The van der Waals surface area contributed by atoms with Crippen molar-refractivity contribution < 1.29 is 9.72 Å². The van der Waals surface area contributed by atoms with Gasteiger partial charge in [-0.15, -0.1) is 0 Å². The molecular formula is C14H15ClN2O3. The number of nitrogens with one attached hydrogen (secondary N) is 1. The van der Waals surface area contributed by atoms with Gasteiger partial charge in [0.05, 0.1) is 15.5 Å². The summed E-state index contributed by atoms with van der Waals surface area (Å²) in [6.07, 6.45) is 4.71. The number of fused-ring (bicyclic) bond motifs is 2. The minimum absolute atomic E-state index is 0.105. The highest BCUT2D eigenvalue weighted by atomic mass is 35.5. The van der Waals surface area contributed by atoms with Crippen LogP contribution in [0, 0.1) is 22.0 Å². The summed E-state index contributed by atoms with van der Waals surface area (Å²) >= 11 is 5.97. The Hall–Kier alpha value is -1.62. The standard InChI is InChI=1S/C14H15ClN2O3/c15-12-7-10(17(19)20)3-4-11(12)14(18)16-13-6-8-1-2-9(13)5-8/h3-4,7-9,13H,1-2,5-6H2,(H,16,18)/t8-,9-,13-/m0/s1. The van der Waals surface area contributed by atoms with Gasteiger partial charge in [0.15, 0.2) is 0 Å². The van der Waals surface area contributed by atoms with Gasteiger partial charge in [0.25, 0.3) is 11.6 Å². The molecule has 106 valence electrons. The molecule has 0 radical (unpaired) electrons. The molecule has 0 aliphatic heterocycles. The minimum atomic E-state index is -0.524. The number of nitro benzene ring substituents is 1. The van der Waals surface area contributed by atoms with Gasteiger partial charge in [-0.3, -0.25) is 14.9 Å². The van der Waals surface area contributed by atoms with Crippen molar-refractivity contribution in [2.45, 2.75) is 31.7 Å². The zero-order valence-corrected chi connectivity index (χ0v) is 11.6. The zero-order valence-electron chi connectivity index (χ0n) is 10.8. The molecule has 2 aliphatic carbocycles. The SMILES string of the molecule is O=C(N[C@H]1C[C@H]2CC[C@H]1C2)c1ccc([N+](=O)[O-])cc1Cl. The summed E-state index contributed by atoms with van der Waals surface area (Å²) in [5.41, 5.74) is 0.200. The highest BCUT2D eigenvalue weighted by Gasteiger charge is 2.40. The predicted octanol–water partition coefficient (Wildman–Crippen LogP) is 3.17. The maximum absolute atomic E-state index is 12.2. The summed E-state index contributed by atoms with van der Waals surface area (Å²) in [6, 6.07) is 4.18. The van der Waals surface area contributed by atoms with E-state index in [-0.39, 0.29) is 22.7 Å². The van der Waals surface area contributed by atoms with Crippen LogP contribution in [0.15, 0.2) is 18.2 Å². The number of rotatable bonds is 3. The molecule has 0 saturated heterocycles. The zero-order chi connectivity index (χ0) is 14.3. The van der Waals surface area contributed by atoms with Crippen LogP contribution >= 0.6 is 11.6 Å². The van der Waals surface area contributed by atoms with Crippen LogP contribution < -0.4 is 5.32 Å². The summed E-state index contributed by atoms with van der Waals surface area (Å²) < 4.78 is 0. The van der Waals surface area contributed by atoms with E-state index in [1.807, 2.05) is 0 Å². The molecule has 2 saturated carbocycles. The number of amides is 1. The van der Waals surface area contributed by atoms with Gasteiger partial charge in [-0.1, -0.05) is 18.0 Å². The van der Waals surface area contributed by atoms with Crippen LogP contribution in [0.2, 0.25) is 5.02 Å². The largest absolute Gasteiger partial charge is 0.349 e. The Balaban J connectivity index is 1.72. The molecule has 2 bridgehead atoms. The number of halogens is 1. The molecule has 2 aliphatic rings. The van der Waals surface area contributed by atoms with Gasteiger partial charge in [0, 0.05) is 18.2 Å². The lowest BCUT2D eigenvalue weighted by Gasteiger charge is -2.23. The molecule has 2 fully saturated rings. The molecule has 3 atom stereocenters. The Labute approximate surface area is 121 Å². The number of nitro groups is 1. The molecule has 3 rings (SSSR count). The number of non-ortho nitro benzene ring substituents is 1. The van der Waals surface area contributed by atoms with Crippen molar-refractivity contribution in [3.8, 4) is 0 Å². The number of hydrogen-bond donors (Lipinski definition) is 1. The predicted molar refractivity (Wildman–Crippen MR) is 74.8 cm³/mol. The number of carbonyl (C=O) groups excluding carboxylic acids is 1. The summed E-state index contributed by atoms with van der Waals surface area (Å²) in [5, 5.41) is 13.8. The first-order chi connectivity index (χ1) is 9.54. The number of hydrogen-bond acceptors (Lipinski definition) is 3. The fraction of sp³-hybridized carbons (Fsp3) is 0.500. The van der Waals surface area contributed by atoms with Gasteiger partial charge >= 0.3 is 0 Å². The second-order valence-electron chi connectivity index (χ2n) is 5.68. The number of carbonyl (C=O) groups is 1. The van der Waals surface area contributed by atoms with E-state index in [1.165, 1.54) is 37.5 Å². The minimum Gasteiger partial charge on any atom is -0.349 e. The number of nitrogens with zero attached hydrogens (tertiary/aromatic N) is 1. The normalized spacial score (nSPS) is 27.6. The molecule has 20 heavy (non-hydrogen) atoms. The Morgan fingerprint density at radius 2 is 2.15 bits per heavy atom. The second-order valence-corrected chi connectivity index (χ2v) is 6.08. The monoisotopic (exact) mass is 294 g/mol. The molecule has 1 aromatic rings. The lowest BCUT2D eigenvalue weighted by atomic mass is 9.95. The van der Waals surface area contributed by atoms with Gasteiger partial charge in [-0.2, -0.15) is 0 Å². The van der Waals surface area contributed by atoms with Crippen LogP contribution in [0.4, 0.5) is 5.69 Å². The molecule has 0 heterocycles. The maximum atomic E-state index is 12.2. The third kappa shape index (κ3) is 2.38. The number of benzene rings is 1. The average Bonchev–Trinajstić information content (AvgIpc) is 3.00. The highest BCUT2D eigenvalue weighted by Crippen LogP contribution is 2.44. The van der Waals surface area contributed by atoms with E-state index in [9.17, 15) is 14.9 Å². The molecule has 5 nitrogen and oxygen atoms in total. The van der Waals surface area contributed by atoms with E-state index in [0.717, 1.165) is 12.3 Å².